The van der Waals surface area contributed by atoms with Crippen molar-refractivity contribution in [3.05, 3.63) is 29.3 Å². The van der Waals surface area contributed by atoms with Crippen LogP contribution in [0.2, 0.25) is 0 Å². The number of halogens is 3. The molecule has 0 fully saturated rings. The van der Waals surface area contributed by atoms with E-state index in [2.05, 4.69) is 5.32 Å². The standard InChI is InChI=1S/C11H12F3NO2/c1-15-10(16)8-4-3-7(5-9(8)17-2)6-11(12,13)14/h3-5H,6H2,1-2H3,(H,15,16). The molecule has 0 aliphatic rings. The van der Waals surface area contributed by atoms with Crippen LogP contribution in [0.4, 0.5) is 13.2 Å². The number of benzene rings is 1. The molecule has 0 spiro atoms. The Hall–Kier alpha value is -1.72. The van der Waals surface area contributed by atoms with E-state index in [9.17, 15) is 18.0 Å². The summed E-state index contributed by atoms with van der Waals surface area (Å²) >= 11 is 0. The molecule has 0 aromatic heterocycles. The van der Waals surface area contributed by atoms with Gasteiger partial charge in [-0.05, 0) is 17.7 Å². The number of amides is 1. The second kappa shape index (κ2) is 5.07. The van der Waals surface area contributed by atoms with Crippen LogP contribution in [0.5, 0.6) is 5.75 Å². The molecule has 0 saturated carbocycles. The first-order chi connectivity index (χ1) is 7.87. The first-order valence-corrected chi connectivity index (χ1v) is 4.83. The van der Waals surface area contributed by atoms with Gasteiger partial charge in [-0.15, -0.1) is 0 Å². The molecule has 1 rings (SSSR count). The minimum Gasteiger partial charge on any atom is -0.496 e. The molecule has 1 N–H and O–H groups in total. The third-order valence-corrected chi connectivity index (χ3v) is 2.14. The zero-order valence-corrected chi connectivity index (χ0v) is 9.39. The lowest BCUT2D eigenvalue weighted by atomic mass is 10.1. The molecule has 1 aromatic rings. The van der Waals surface area contributed by atoms with Crippen LogP contribution in [0, 0.1) is 0 Å². The zero-order chi connectivity index (χ0) is 13.1. The van der Waals surface area contributed by atoms with Crippen LogP contribution in [0.25, 0.3) is 0 Å². The van der Waals surface area contributed by atoms with Gasteiger partial charge in [0.2, 0.25) is 0 Å². The van der Waals surface area contributed by atoms with Crippen LogP contribution in [0.15, 0.2) is 18.2 Å². The zero-order valence-electron chi connectivity index (χ0n) is 9.39. The predicted octanol–water partition coefficient (Wildman–Crippen LogP) is 2.16. The van der Waals surface area contributed by atoms with Crippen molar-refractivity contribution in [3.63, 3.8) is 0 Å². The molecule has 0 radical (unpaired) electrons. The van der Waals surface area contributed by atoms with E-state index in [1.165, 1.54) is 32.4 Å². The van der Waals surface area contributed by atoms with Gasteiger partial charge in [-0.2, -0.15) is 13.2 Å². The third kappa shape index (κ3) is 3.65. The lowest BCUT2D eigenvalue weighted by Gasteiger charge is -2.11. The second-order valence-electron chi connectivity index (χ2n) is 3.41. The van der Waals surface area contributed by atoms with E-state index in [1.54, 1.807) is 0 Å². The topological polar surface area (TPSA) is 38.3 Å². The van der Waals surface area contributed by atoms with Crippen LogP contribution < -0.4 is 10.1 Å². The molecule has 0 bridgehead atoms. The molecule has 17 heavy (non-hydrogen) atoms. The van der Waals surface area contributed by atoms with Gasteiger partial charge in [0.15, 0.2) is 0 Å². The Morgan fingerprint density at radius 2 is 2.06 bits per heavy atom. The summed E-state index contributed by atoms with van der Waals surface area (Å²) in [7, 11) is 2.74. The Morgan fingerprint density at radius 3 is 2.53 bits per heavy atom. The van der Waals surface area contributed by atoms with Gasteiger partial charge in [0.05, 0.1) is 19.1 Å². The number of rotatable bonds is 3. The highest BCUT2D eigenvalue weighted by Crippen LogP contribution is 2.26. The molecule has 0 saturated heterocycles. The molecular formula is C11H12F3NO2. The minimum absolute atomic E-state index is 0.0574. The van der Waals surface area contributed by atoms with Gasteiger partial charge in [0.1, 0.15) is 5.75 Å². The smallest absolute Gasteiger partial charge is 0.393 e. The summed E-state index contributed by atoms with van der Waals surface area (Å²) in [6.07, 6.45) is -5.32. The Balaban J connectivity index is 3.04. The molecule has 0 atom stereocenters. The number of nitrogens with one attached hydrogen (secondary N) is 1. The highest BCUT2D eigenvalue weighted by atomic mass is 19.4. The average molecular weight is 247 g/mol. The fraction of sp³-hybridized carbons (Fsp3) is 0.364. The van der Waals surface area contributed by atoms with Crippen LogP contribution in [-0.2, 0) is 6.42 Å². The van der Waals surface area contributed by atoms with Crippen molar-refractivity contribution in [1.82, 2.24) is 5.32 Å². The second-order valence-corrected chi connectivity index (χ2v) is 3.41. The van der Waals surface area contributed by atoms with E-state index < -0.39 is 18.5 Å². The molecule has 1 amide bonds. The fourth-order valence-corrected chi connectivity index (χ4v) is 1.40. The summed E-state index contributed by atoms with van der Waals surface area (Å²) in [6.45, 7) is 0. The van der Waals surface area contributed by atoms with Crippen molar-refractivity contribution in [3.8, 4) is 5.75 Å². The number of hydrogen-bond donors (Lipinski definition) is 1. The fourth-order valence-electron chi connectivity index (χ4n) is 1.40. The van der Waals surface area contributed by atoms with Gasteiger partial charge in [0.25, 0.3) is 5.91 Å². The van der Waals surface area contributed by atoms with E-state index in [-0.39, 0.29) is 16.9 Å². The molecule has 0 unspecified atom stereocenters. The first-order valence-electron chi connectivity index (χ1n) is 4.83. The molecule has 0 heterocycles. The predicted molar refractivity (Wildman–Crippen MR) is 56.1 cm³/mol. The molecule has 3 nitrogen and oxygen atoms in total. The number of hydrogen-bond acceptors (Lipinski definition) is 2. The summed E-state index contributed by atoms with van der Waals surface area (Å²) in [6, 6.07) is 3.80. The lowest BCUT2D eigenvalue weighted by molar-refractivity contribution is -0.127. The average Bonchev–Trinajstić information content (AvgIpc) is 2.25. The van der Waals surface area contributed by atoms with E-state index in [1.807, 2.05) is 0 Å². The van der Waals surface area contributed by atoms with Gasteiger partial charge in [-0.3, -0.25) is 4.79 Å². The summed E-state index contributed by atoms with van der Waals surface area (Å²) in [5.74, 6) is -0.272. The molecule has 1 aromatic carbocycles. The molecule has 94 valence electrons. The maximum absolute atomic E-state index is 12.2. The Bertz CT molecular complexity index is 416. The number of carbonyl (C=O) groups excluding carboxylic acids is 1. The lowest BCUT2D eigenvalue weighted by Crippen LogP contribution is -2.19. The van der Waals surface area contributed by atoms with Crippen LogP contribution in [-0.4, -0.2) is 26.2 Å². The SMILES string of the molecule is CNC(=O)c1ccc(CC(F)(F)F)cc1OC. The first kappa shape index (κ1) is 13.3. The number of alkyl halides is 3. The monoisotopic (exact) mass is 247 g/mol. The molecule has 0 aliphatic carbocycles. The quantitative estimate of drug-likeness (QED) is 0.888. The van der Waals surface area contributed by atoms with Crippen LogP contribution in [0.1, 0.15) is 15.9 Å². The maximum Gasteiger partial charge on any atom is 0.393 e. The van der Waals surface area contributed by atoms with E-state index in [0.29, 0.717) is 0 Å². The van der Waals surface area contributed by atoms with E-state index >= 15 is 0 Å². The highest BCUT2D eigenvalue weighted by Gasteiger charge is 2.28. The highest BCUT2D eigenvalue weighted by molar-refractivity contribution is 5.96. The van der Waals surface area contributed by atoms with Gasteiger partial charge in [-0.1, -0.05) is 6.07 Å². The van der Waals surface area contributed by atoms with Gasteiger partial charge in [-0.25, -0.2) is 0 Å². The van der Waals surface area contributed by atoms with Crippen molar-refractivity contribution in [2.45, 2.75) is 12.6 Å². The van der Waals surface area contributed by atoms with Crippen LogP contribution >= 0.6 is 0 Å². The third-order valence-electron chi connectivity index (χ3n) is 2.14. The normalized spacial score (nSPS) is 11.1. The molecule has 0 aliphatic heterocycles. The Morgan fingerprint density at radius 1 is 1.41 bits per heavy atom. The van der Waals surface area contributed by atoms with Gasteiger partial charge in [0, 0.05) is 7.05 Å². The summed E-state index contributed by atoms with van der Waals surface area (Å²) in [5.41, 5.74) is 0.267. The van der Waals surface area contributed by atoms with Gasteiger partial charge >= 0.3 is 6.18 Å². The van der Waals surface area contributed by atoms with Crippen molar-refractivity contribution >= 4 is 5.91 Å². The maximum atomic E-state index is 12.2. The molecule has 6 heteroatoms. The van der Waals surface area contributed by atoms with E-state index in [0.717, 1.165) is 0 Å². The van der Waals surface area contributed by atoms with Crippen LogP contribution in [0.3, 0.4) is 0 Å². The van der Waals surface area contributed by atoms with Gasteiger partial charge < -0.3 is 10.1 Å². The Kier molecular flexibility index (Phi) is 3.98. The van der Waals surface area contributed by atoms with E-state index in [4.69, 9.17) is 4.74 Å². The number of methoxy groups -OCH3 is 1. The Labute approximate surface area is 96.6 Å². The summed E-state index contributed by atoms with van der Waals surface area (Å²) < 4.78 is 41.4. The van der Waals surface area contributed by atoms with Crippen molar-refractivity contribution in [1.29, 1.82) is 0 Å². The van der Waals surface area contributed by atoms with Crippen molar-refractivity contribution < 1.29 is 22.7 Å². The number of ether oxygens (including phenoxy) is 1. The number of carbonyl (C=O) groups is 1. The summed E-state index contributed by atoms with van der Waals surface area (Å²) in [5, 5.41) is 2.38. The molecular weight excluding hydrogens is 235 g/mol. The van der Waals surface area contributed by atoms with Crippen molar-refractivity contribution in [2.75, 3.05) is 14.2 Å². The minimum atomic E-state index is -4.28. The van der Waals surface area contributed by atoms with Crippen molar-refractivity contribution in [2.24, 2.45) is 0 Å². The largest absolute Gasteiger partial charge is 0.496 e. The summed E-state index contributed by atoms with van der Waals surface area (Å²) in [4.78, 5) is 11.4.